The van der Waals surface area contributed by atoms with Crippen molar-refractivity contribution in [2.75, 3.05) is 16.8 Å². The van der Waals surface area contributed by atoms with Crippen LogP contribution in [0.2, 0.25) is 0 Å². The van der Waals surface area contributed by atoms with Crippen molar-refractivity contribution in [2.24, 2.45) is 23.7 Å². The van der Waals surface area contributed by atoms with Crippen LogP contribution in [0.4, 0.5) is 11.4 Å². The first-order chi connectivity index (χ1) is 18.5. The molecule has 38 heavy (non-hydrogen) atoms. The summed E-state index contributed by atoms with van der Waals surface area (Å²) in [6, 6.07) is 22.4. The van der Waals surface area contributed by atoms with Crippen LogP contribution in [0.15, 0.2) is 78.9 Å². The average molecular weight is 511 g/mol. The number of amides is 3. The third-order valence-corrected chi connectivity index (χ3v) is 7.72. The number of nitrogens with zero attached hydrogens (tertiary/aromatic N) is 1. The predicted molar refractivity (Wildman–Crippen MR) is 139 cm³/mol. The topological polar surface area (TPSA) is 102 Å². The van der Waals surface area contributed by atoms with E-state index in [1.165, 1.54) is 17.0 Å². The number of carbonyl (C=O) groups is 4. The number of nitrogens with one attached hydrogen (secondary N) is 1. The van der Waals surface area contributed by atoms with E-state index in [1.54, 1.807) is 36.4 Å². The number of hydrogen-bond donors (Lipinski definition) is 1. The number of anilines is 2. The van der Waals surface area contributed by atoms with Gasteiger partial charge in [-0.15, -0.1) is 0 Å². The average Bonchev–Trinajstić information content (AvgIpc) is 3.62. The van der Waals surface area contributed by atoms with Crippen LogP contribution in [-0.4, -0.2) is 30.3 Å². The minimum Gasteiger partial charge on any atom is -0.457 e. The van der Waals surface area contributed by atoms with Crippen LogP contribution in [0.25, 0.3) is 0 Å². The molecule has 0 unspecified atom stereocenters. The molecule has 8 heteroatoms. The van der Waals surface area contributed by atoms with Gasteiger partial charge in [0.05, 0.1) is 23.1 Å². The Morgan fingerprint density at radius 2 is 1.47 bits per heavy atom. The molecule has 4 atom stereocenters. The Kier molecular flexibility index (Phi) is 6.15. The molecule has 2 bridgehead atoms. The largest absolute Gasteiger partial charge is 0.457 e. The second-order valence-electron chi connectivity index (χ2n) is 10.0. The maximum atomic E-state index is 13.1. The SMILES string of the molecule is O=C(COC(=O)c1cccc(N2C(=O)[C@@H]3[C@H]4CC[C@@H](C4)[C@@H]3C2=O)c1)Nc1ccc(Oc2ccccc2)cc1. The van der Waals surface area contributed by atoms with Gasteiger partial charge >= 0.3 is 5.97 Å². The van der Waals surface area contributed by atoms with Crippen molar-refractivity contribution in [1.29, 1.82) is 0 Å². The third kappa shape index (κ3) is 4.42. The molecule has 0 radical (unpaired) electrons. The van der Waals surface area contributed by atoms with Gasteiger partial charge in [-0.3, -0.25) is 19.3 Å². The fraction of sp³-hybridized carbons (Fsp3) is 0.267. The van der Waals surface area contributed by atoms with E-state index in [2.05, 4.69) is 5.32 Å². The highest BCUT2D eigenvalue weighted by molar-refractivity contribution is 6.22. The molecule has 6 rings (SSSR count). The van der Waals surface area contributed by atoms with Crippen molar-refractivity contribution in [1.82, 2.24) is 0 Å². The number of rotatable bonds is 7. The fourth-order valence-electron chi connectivity index (χ4n) is 6.08. The first-order valence-electron chi connectivity index (χ1n) is 12.8. The van der Waals surface area contributed by atoms with Gasteiger partial charge in [0, 0.05) is 5.69 Å². The smallest absolute Gasteiger partial charge is 0.338 e. The van der Waals surface area contributed by atoms with Gasteiger partial charge < -0.3 is 14.8 Å². The van der Waals surface area contributed by atoms with Gasteiger partial charge in [-0.2, -0.15) is 0 Å². The molecule has 192 valence electrons. The lowest BCUT2D eigenvalue weighted by atomic mass is 9.81. The second-order valence-corrected chi connectivity index (χ2v) is 10.0. The number of ether oxygens (including phenoxy) is 2. The quantitative estimate of drug-likeness (QED) is 0.362. The number of carbonyl (C=O) groups excluding carboxylic acids is 4. The van der Waals surface area contributed by atoms with Crippen molar-refractivity contribution in [2.45, 2.75) is 19.3 Å². The van der Waals surface area contributed by atoms with Gasteiger partial charge in [-0.1, -0.05) is 24.3 Å². The highest BCUT2D eigenvalue weighted by Gasteiger charge is 2.61. The van der Waals surface area contributed by atoms with Gasteiger partial charge in [0.2, 0.25) is 11.8 Å². The van der Waals surface area contributed by atoms with Crippen LogP contribution >= 0.6 is 0 Å². The standard InChI is InChI=1S/C30H26N2O6/c33-25(31-21-11-13-24(14-12-21)38-23-7-2-1-3-8-23)17-37-30(36)20-5-4-6-22(16-20)32-28(34)26-18-9-10-19(15-18)27(26)29(32)35/h1-8,11-14,16,18-19,26-27H,9-10,15,17H2,(H,31,33)/t18-,19-,26-,27+/m0/s1. The van der Waals surface area contributed by atoms with E-state index in [1.807, 2.05) is 30.3 Å². The summed E-state index contributed by atoms with van der Waals surface area (Å²) in [5.41, 5.74) is 1.06. The van der Waals surface area contributed by atoms with Crippen molar-refractivity contribution in [3.8, 4) is 11.5 Å². The first kappa shape index (κ1) is 23.9. The van der Waals surface area contributed by atoms with E-state index < -0.39 is 18.5 Å². The number of imide groups is 1. The van der Waals surface area contributed by atoms with Crippen LogP contribution in [0.1, 0.15) is 29.6 Å². The Balaban J connectivity index is 1.04. The highest BCUT2D eigenvalue weighted by Crippen LogP contribution is 2.56. The maximum absolute atomic E-state index is 13.1. The highest BCUT2D eigenvalue weighted by atomic mass is 16.5. The molecular formula is C30H26N2O6. The molecule has 0 spiro atoms. The lowest BCUT2D eigenvalue weighted by Gasteiger charge is -2.19. The lowest BCUT2D eigenvalue weighted by molar-refractivity contribution is -0.123. The summed E-state index contributed by atoms with van der Waals surface area (Å²) >= 11 is 0. The zero-order chi connectivity index (χ0) is 26.2. The van der Waals surface area contributed by atoms with Crippen LogP contribution in [-0.2, 0) is 19.1 Å². The Morgan fingerprint density at radius 1 is 0.816 bits per heavy atom. The molecule has 1 N–H and O–H groups in total. The summed E-state index contributed by atoms with van der Waals surface area (Å²) in [7, 11) is 0. The summed E-state index contributed by atoms with van der Waals surface area (Å²) in [5, 5.41) is 2.68. The summed E-state index contributed by atoms with van der Waals surface area (Å²) in [6.07, 6.45) is 2.96. The summed E-state index contributed by atoms with van der Waals surface area (Å²) in [5.74, 6) is -0.141. The molecule has 8 nitrogen and oxygen atoms in total. The molecule has 2 saturated carbocycles. The van der Waals surface area contributed by atoms with Gasteiger partial charge in [-0.05, 0) is 85.7 Å². The van der Waals surface area contributed by atoms with Crippen LogP contribution < -0.4 is 15.0 Å². The van der Waals surface area contributed by atoms with E-state index in [-0.39, 0.29) is 41.0 Å². The second kappa shape index (κ2) is 9.78. The first-order valence-corrected chi connectivity index (χ1v) is 12.8. The Hall–Kier alpha value is -4.46. The van der Waals surface area contributed by atoms with Crippen LogP contribution in [0, 0.1) is 23.7 Å². The minimum absolute atomic E-state index is 0.165. The van der Waals surface area contributed by atoms with Crippen molar-refractivity contribution in [3.05, 3.63) is 84.4 Å². The van der Waals surface area contributed by atoms with E-state index in [9.17, 15) is 19.2 Å². The lowest BCUT2D eigenvalue weighted by Crippen LogP contribution is -2.32. The Labute approximate surface area is 219 Å². The molecule has 3 amide bonds. The van der Waals surface area contributed by atoms with Crippen molar-refractivity contribution >= 4 is 35.1 Å². The fourth-order valence-corrected chi connectivity index (χ4v) is 6.08. The molecular weight excluding hydrogens is 484 g/mol. The van der Waals surface area contributed by atoms with Crippen LogP contribution in [0.5, 0.6) is 11.5 Å². The number of esters is 1. The number of benzene rings is 3. The number of para-hydroxylation sites is 1. The van der Waals surface area contributed by atoms with Gasteiger partial charge in [-0.25, -0.2) is 4.79 Å². The minimum atomic E-state index is -0.715. The molecule has 1 aliphatic heterocycles. The maximum Gasteiger partial charge on any atom is 0.338 e. The number of fused-ring (bicyclic) bond motifs is 5. The Bertz CT molecular complexity index is 1380. The molecule has 3 aromatic rings. The van der Waals surface area contributed by atoms with Gasteiger partial charge in [0.25, 0.3) is 5.91 Å². The zero-order valence-corrected chi connectivity index (χ0v) is 20.5. The summed E-state index contributed by atoms with van der Waals surface area (Å²) < 4.78 is 10.9. The zero-order valence-electron chi connectivity index (χ0n) is 20.5. The van der Waals surface area contributed by atoms with E-state index in [0.717, 1.165) is 19.3 Å². The molecule has 2 aliphatic carbocycles. The number of hydrogen-bond acceptors (Lipinski definition) is 6. The molecule has 0 aromatic heterocycles. The predicted octanol–water partition coefficient (Wildman–Crippen LogP) is 4.81. The van der Waals surface area contributed by atoms with Gasteiger partial charge in [0.1, 0.15) is 11.5 Å². The normalized spacial score (nSPS) is 23.3. The van der Waals surface area contributed by atoms with Gasteiger partial charge in [0.15, 0.2) is 6.61 Å². The van der Waals surface area contributed by atoms with E-state index >= 15 is 0 Å². The van der Waals surface area contributed by atoms with Crippen LogP contribution in [0.3, 0.4) is 0 Å². The van der Waals surface area contributed by atoms with E-state index in [0.29, 0.717) is 22.9 Å². The van der Waals surface area contributed by atoms with Crippen molar-refractivity contribution in [3.63, 3.8) is 0 Å². The van der Waals surface area contributed by atoms with Crippen molar-refractivity contribution < 1.29 is 28.7 Å². The molecule has 1 saturated heterocycles. The summed E-state index contributed by atoms with van der Waals surface area (Å²) in [4.78, 5) is 52.4. The summed E-state index contributed by atoms with van der Waals surface area (Å²) in [6.45, 7) is -0.486. The third-order valence-electron chi connectivity index (χ3n) is 7.72. The van der Waals surface area contributed by atoms with E-state index in [4.69, 9.17) is 9.47 Å². The molecule has 1 heterocycles. The Morgan fingerprint density at radius 3 is 2.16 bits per heavy atom. The molecule has 3 aromatic carbocycles. The molecule has 3 aliphatic rings. The molecule has 3 fully saturated rings. The monoisotopic (exact) mass is 510 g/mol.